The van der Waals surface area contributed by atoms with E-state index in [9.17, 15) is 22.4 Å². The smallest absolute Gasteiger partial charge is 0.289 e. The molecule has 27 heavy (non-hydrogen) atoms. The van der Waals surface area contributed by atoms with Gasteiger partial charge >= 0.3 is 0 Å². The summed E-state index contributed by atoms with van der Waals surface area (Å²) in [4.78, 5) is 27.7. The summed E-state index contributed by atoms with van der Waals surface area (Å²) < 4.78 is 42.1. The molecule has 1 aromatic heterocycles. The third-order valence-corrected chi connectivity index (χ3v) is 5.21. The van der Waals surface area contributed by atoms with Crippen LogP contribution in [0.1, 0.15) is 27.3 Å². The molecule has 2 amide bonds. The van der Waals surface area contributed by atoms with E-state index in [1.807, 2.05) is 0 Å². The molecule has 2 heterocycles. The Morgan fingerprint density at radius 1 is 1.04 bits per heavy atom. The minimum atomic E-state index is -4.06. The van der Waals surface area contributed by atoms with Gasteiger partial charge in [-0.1, -0.05) is 0 Å². The lowest BCUT2D eigenvalue weighted by Crippen LogP contribution is -2.37. The van der Waals surface area contributed by atoms with Crippen LogP contribution in [0.2, 0.25) is 0 Å². The number of primary sulfonamides is 1. The summed E-state index contributed by atoms with van der Waals surface area (Å²) in [6.45, 7) is 1.16. The largest absolute Gasteiger partial charge is 0.459 e. The minimum absolute atomic E-state index is 0.185. The zero-order chi connectivity index (χ0) is 19.6. The van der Waals surface area contributed by atoms with Crippen LogP contribution in [0.3, 0.4) is 0 Å². The van der Waals surface area contributed by atoms with Gasteiger partial charge in [0.2, 0.25) is 10.0 Å². The van der Waals surface area contributed by atoms with Crippen LogP contribution >= 0.6 is 0 Å². The zero-order valence-electron chi connectivity index (χ0n) is 14.3. The lowest BCUT2D eigenvalue weighted by atomic mass is 10.2. The molecule has 1 aliphatic rings. The summed E-state index contributed by atoms with van der Waals surface area (Å²) in [6.07, 6.45) is 1.90. The highest BCUT2D eigenvalue weighted by Crippen LogP contribution is 2.18. The first-order valence-corrected chi connectivity index (χ1v) is 9.76. The van der Waals surface area contributed by atoms with Crippen molar-refractivity contribution in [2.24, 2.45) is 5.14 Å². The summed E-state index contributed by atoms with van der Waals surface area (Å²) >= 11 is 0. The van der Waals surface area contributed by atoms with E-state index in [0.717, 1.165) is 18.2 Å². The number of rotatable bonds is 3. The monoisotopic (exact) mass is 395 g/mol. The maximum Gasteiger partial charge on any atom is 0.289 e. The number of carbonyl (C=O) groups excluding carboxylic acids is 2. The molecular weight excluding hydrogens is 377 g/mol. The molecule has 8 nitrogen and oxygen atoms in total. The molecule has 0 saturated carbocycles. The molecule has 3 rings (SSSR count). The number of carbonyl (C=O) groups is 2. The van der Waals surface area contributed by atoms with Crippen molar-refractivity contribution < 1.29 is 26.8 Å². The van der Waals surface area contributed by atoms with E-state index in [1.165, 1.54) is 11.2 Å². The van der Waals surface area contributed by atoms with Crippen molar-refractivity contribution in [2.75, 3.05) is 26.2 Å². The molecule has 10 heteroatoms. The first kappa shape index (κ1) is 19.1. The number of benzene rings is 1. The van der Waals surface area contributed by atoms with Crippen molar-refractivity contribution in [2.45, 2.75) is 11.3 Å². The molecule has 0 bridgehead atoms. The van der Waals surface area contributed by atoms with Gasteiger partial charge in [-0.05, 0) is 36.8 Å². The fourth-order valence-electron chi connectivity index (χ4n) is 2.90. The maximum atomic E-state index is 14.1. The molecule has 0 unspecified atom stereocenters. The van der Waals surface area contributed by atoms with Crippen molar-refractivity contribution in [3.63, 3.8) is 0 Å². The second kappa shape index (κ2) is 7.49. The Hall–Kier alpha value is -2.72. The Balaban J connectivity index is 1.76. The molecule has 1 saturated heterocycles. The summed E-state index contributed by atoms with van der Waals surface area (Å²) in [6, 6.07) is 6.02. The highest BCUT2D eigenvalue weighted by molar-refractivity contribution is 7.89. The normalized spacial score (nSPS) is 15.5. The second-order valence-electron chi connectivity index (χ2n) is 6.10. The highest BCUT2D eigenvalue weighted by Gasteiger charge is 2.26. The number of nitrogens with zero attached hydrogens (tertiary/aromatic N) is 2. The SMILES string of the molecule is NS(=O)(=O)c1ccc(F)c(C(=O)N2CCCN(C(=O)c3ccco3)CC2)c1. The van der Waals surface area contributed by atoms with Crippen LogP contribution in [-0.2, 0) is 10.0 Å². The summed E-state index contributed by atoms with van der Waals surface area (Å²) in [5.74, 6) is -1.55. The van der Waals surface area contributed by atoms with Gasteiger partial charge in [0.1, 0.15) is 5.82 Å². The third kappa shape index (κ3) is 4.17. The molecule has 0 atom stereocenters. The van der Waals surface area contributed by atoms with Gasteiger partial charge < -0.3 is 14.2 Å². The summed E-state index contributed by atoms with van der Waals surface area (Å²) in [5.41, 5.74) is -0.368. The van der Waals surface area contributed by atoms with E-state index in [1.54, 1.807) is 17.0 Å². The number of nitrogens with two attached hydrogens (primary N) is 1. The molecule has 2 N–H and O–H groups in total. The number of hydrogen-bond acceptors (Lipinski definition) is 5. The number of amides is 2. The molecule has 0 aliphatic carbocycles. The van der Waals surface area contributed by atoms with Gasteiger partial charge in [0.25, 0.3) is 11.8 Å². The van der Waals surface area contributed by atoms with Crippen LogP contribution in [-0.4, -0.2) is 56.2 Å². The standard InChI is InChI=1S/C17H18FN3O5S/c18-14-5-4-12(27(19,24)25)11-13(14)16(22)20-6-2-7-21(9-8-20)17(23)15-3-1-10-26-15/h1,3-5,10-11H,2,6-9H2,(H2,19,24,25). The molecular formula is C17H18FN3O5S. The number of furan rings is 1. The first-order valence-electron chi connectivity index (χ1n) is 8.22. The molecule has 2 aromatic rings. The summed E-state index contributed by atoms with van der Waals surface area (Å²) in [7, 11) is -4.06. The quantitative estimate of drug-likeness (QED) is 0.835. The van der Waals surface area contributed by atoms with Gasteiger partial charge in [-0.2, -0.15) is 0 Å². The number of halogens is 1. The van der Waals surface area contributed by atoms with Gasteiger partial charge in [0.15, 0.2) is 5.76 Å². The van der Waals surface area contributed by atoms with Gasteiger partial charge in [0.05, 0.1) is 16.7 Å². The molecule has 0 spiro atoms. The zero-order valence-corrected chi connectivity index (χ0v) is 15.1. The van der Waals surface area contributed by atoms with Crippen LogP contribution in [0.25, 0.3) is 0 Å². The van der Waals surface area contributed by atoms with E-state index >= 15 is 0 Å². The fourth-order valence-corrected chi connectivity index (χ4v) is 3.44. The van der Waals surface area contributed by atoms with Crippen molar-refractivity contribution >= 4 is 21.8 Å². The van der Waals surface area contributed by atoms with Crippen molar-refractivity contribution in [3.8, 4) is 0 Å². The average molecular weight is 395 g/mol. The predicted molar refractivity (Wildman–Crippen MR) is 92.9 cm³/mol. The van der Waals surface area contributed by atoms with E-state index in [2.05, 4.69) is 0 Å². The molecule has 1 aromatic carbocycles. The van der Waals surface area contributed by atoms with E-state index in [0.29, 0.717) is 19.5 Å². The lowest BCUT2D eigenvalue weighted by molar-refractivity contribution is 0.0698. The van der Waals surface area contributed by atoms with Crippen LogP contribution in [0, 0.1) is 5.82 Å². The predicted octanol–water partition coefficient (Wildman–Crippen LogP) is 1.05. The van der Waals surface area contributed by atoms with Gasteiger partial charge in [-0.3, -0.25) is 9.59 Å². The van der Waals surface area contributed by atoms with Crippen molar-refractivity contribution in [3.05, 3.63) is 53.7 Å². The Kier molecular flexibility index (Phi) is 5.29. The third-order valence-electron chi connectivity index (χ3n) is 4.30. The minimum Gasteiger partial charge on any atom is -0.459 e. The van der Waals surface area contributed by atoms with Crippen LogP contribution in [0.15, 0.2) is 45.9 Å². The van der Waals surface area contributed by atoms with Gasteiger partial charge in [-0.15, -0.1) is 0 Å². The molecule has 144 valence electrons. The number of hydrogen-bond donors (Lipinski definition) is 1. The highest BCUT2D eigenvalue weighted by atomic mass is 32.2. The van der Waals surface area contributed by atoms with Crippen LogP contribution in [0.4, 0.5) is 4.39 Å². The van der Waals surface area contributed by atoms with E-state index in [-0.39, 0.29) is 35.2 Å². The number of sulfonamides is 1. The molecule has 0 radical (unpaired) electrons. The van der Waals surface area contributed by atoms with Gasteiger partial charge in [-0.25, -0.2) is 17.9 Å². The first-order chi connectivity index (χ1) is 12.8. The lowest BCUT2D eigenvalue weighted by Gasteiger charge is -2.22. The van der Waals surface area contributed by atoms with Crippen molar-refractivity contribution in [1.29, 1.82) is 0 Å². The fraction of sp³-hybridized carbons (Fsp3) is 0.294. The topological polar surface area (TPSA) is 114 Å². The van der Waals surface area contributed by atoms with Crippen LogP contribution < -0.4 is 5.14 Å². The van der Waals surface area contributed by atoms with Crippen molar-refractivity contribution in [1.82, 2.24) is 9.80 Å². The molecule has 1 aliphatic heterocycles. The Bertz CT molecular complexity index is 959. The Morgan fingerprint density at radius 3 is 2.30 bits per heavy atom. The van der Waals surface area contributed by atoms with Crippen LogP contribution in [0.5, 0.6) is 0 Å². The maximum absolute atomic E-state index is 14.1. The summed E-state index contributed by atoms with van der Waals surface area (Å²) in [5, 5.41) is 5.05. The Labute approximate surface area is 155 Å². The Morgan fingerprint density at radius 2 is 1.70 bits per heavy atom. The molecule has 1 fully saturated rings. The average Bonchev–Trinajstić information content (AvgIpc) is 3.04. The second-order valence-corrected chi connectivity index (χ2v) is 7.66. The van der Waals surface area contributed by atoms with E-state index < -0.39 is 21.7 Å². The van der Waals surface area contributed by atoms with E-state index in [4.69, 9.17) is 9.56 Å². The van der Waals surface area contributed by atoms with Gasteiger partial charge in [0, 0.05) is 26.2 Å².